The van der Waals surface area contributed by atoms with E-state index in [2.05, 4.69) is 20.3 Å². The van der Waals surface area contributed by atoms with E-state index in [0.717, 1.165) is 41.8 Å². The number of hydrogen-bond donors (Lipinski definition) is 3. The molecule has 0 radical (unpaired) electrons. The van der Waals surface area contributed by atoms with E-state index >= 15 is 0 Å². The van der Waals surface area contributed by atoms with Crippen LogP contribution in [0.5, 0.6) is 0 Å². The Hall–Kier alpha value is -2.15. The summed E-state index contributed by atoms with van der Waals surface area (Å²) in [5.41, 5.74) is 6.18. The number of fused-ring (bicyclic) bond motifs is 2. The molecule has 4 N–H and O–H groups in total. The van der Waals surface area contributed by atoms with Crippen LogP contribution in [0.3, 0.4) is 0 Å². The lowest BCUT2D eigenvalue weighted by Crippen LogP contribution is -2.34. The number of aromatic nitrogens is 3. The van der Waals surface area contributed by atoms with E-state index in [4.69, 9.17) is 5.73 Å². The van der Waals surface area contributed by atoms with E-state index in [1.807, 2.05) is 38.1 Å². The van der Waals surface area contributed by atoms with E-state index in [1.165, 1.54) is 25.6 Å². The summed E-state index contributed by atoms with van der Waals surface area (Å²) in [5, 5.41) is 4.01. The molecule has 2 aliphatic rings. The number of nitrogens with one attached hydrogen (secondary N) is 2. The Morgan fingerprint density at radius 2 is 2.00 bits per heavy atom. The number of H-pyrrole nitrogens is 1. The second-order valence-corrected chi connectivity index (χ2v) is 6.17. The van der Waals surface area contributed by atoms with Crippen LogP contribution in [-0.4, -0.2) is 52.4 Å². The first kappa shape index (κ1) is 19.2. The minimum atomic E-state index is 0.129. The summed E-state index contributed by atoms with van der Waals surface area (Å²) in [6.07, 6.45) is 7.38. The number of anilines is 1. The first-order valence-corrected chi connectivity index (χ1v) is 9.16. The van der Waals surface area contributed by atoms with Gasteiger partial charge in [-0.15, -0.1) is 0 Å². The Labute approximate surface area is 149 Å². The van der Waals surface area contributed by atoms with Gasteiger partial charge >= 0.3 is 0 Å². The molecule has 7 heteroatoms. The largest absolute Gasteiger partial charge is 0.372 e. The second kappa shape index (κ2) is 9.36. The molecule has 4 rings (SSSR count). The van der Waals surface area contributed by atoms with Gasteiger partial charge in [0.2, 0.25) is 5.91 Å². The molecule has 2 aromatic rings. The van der Waals surface area contributed by atoms with Crippen molar-refractivity contribution in [1.29, 1.82) is 0 Å². The maximum atomic E-state index is 11.2. The highest BCUT2D eigenvalue weighted by Crippen LogP contribution is 2.37. The number of carbonyl (C=O) groups excluding carboxylic acids is 1. The van der Waals surface area contributed by atoms with Crippen LogP contribution >= 0.6 is 0 Å². The van der Waals surface area contributed by atoms with E-state index in [-0.39, 0.29) is 12.5 Å². The van der Waals surface area contributed by atoms with Crippen LogP contribution in [-0.2, 0) is 4.79 Å². The Morgan fingerprint density at radius 1 is 1.32 bits per heavy atom. The molecular weight excluding hydrogens is 316 g/mol. The van der Waals surface area contributed by atoms with Gasteiger partial charge in [-0.05, 0) is 30.7 Å². The van der Waals surface area contributed by atoms with Crippen molar-refractivity contribution in [3.05, 3.63) is 18.6 Å². The Bertz CT molecular complexity index is 658. The van der Waals surface area contributed by atoms with Gasteiger partial charge in [0.15, 0.2) is 0 Å². The smallest absolute Gasteiger partial charge is 0.236 e. The quantitative estimate of drug-likeness (QED) is 0.774. The normalized spacial score (nSPS) is 21.0. The maximum Gasteiger partial charge on any atom is 0.236 e. The molecule has 1 aliphatic heterocycles. The van der Waals surface area contributed by atoms with Crippen LogP contribution in [0.4, 0.5) is 5.82 Å². The molecule has 3 heterocycles. The van der Waals surface area contributed by atoms with E-state index in [9.17, 15) is 4.79 Å². The van der Waals surface area contributed by atoms with Crippen LogP contribution < -0.4 is 11.1 Å². The van der Waals surface area contributed by atoms with Crippen molar-refractivity contribution in [3.8, 4) is 0 Å². The van der Waals surface area contributed by atoms with Gasteiger partial charge in [-0.2, -0.15) is 0 Å². The average molecular weight is 346 g/mol. The number of rotatable bonds is 2. The van der Waals surface area contributed by atoms with Crippen LogP contribution in [0.25, 0.3) is 11.0 Å². The molecule has 0 spiro atoms. The van der Waals surface area contributed by atoms with Crippen LogP contribution in [0.1, 0.15) is 33.1 Å². The second-order valence-electron chi connectivity index (χ2n) is 6.17. The van der Waals surface area contributed by atoms with E-state index in [1.54, 1.807) is 0 Å². The van der Waals surface area contributed by atoms with Crippen molar-refractivity contribution < 1.29 is 4.79 Å². The van der Waals surface area contributed by atoms with Crippen LogP contribution in [0.2, 0.25) is 0 Å². The fourth-order valence-electron chi connectivity index (χ4n) is 3.64. The number of nitrogens with zero attached hydrogens (tertiary/aromatic N) is 3. The van der Waals surface area contributed by atoms with Crippen molar-refractivity contribution in [3.63, 3.8) is 0 Å². The predicted octanol–water partition coefficient (Wildman–Crippen LogP) is 2.23. The Kier molecular flexibility index (Phi) is 7.18. The van der Waals surface area contributed by atoms with Crippen LogP contribution in [0.15, 0.2) is 18.6 Å². The lowest BCUT2D eigenvalue weighted by Gasteiger charge is -2.15. The monoisotopic (exact) mass is 346 g/mol. The lowest BCUT2D eigenvalue weighted by atomic mass is 10.0. The lowest BCUT2D eigenvalue weighted by molar-refractivity contribution is -0.128. The summed E-state index contributed by atoms with van der Waals surface area (Å²) in [5.74, 6) is 2.57. The molecule has 0 bridgehead atoms. The van der Waals surface area contributed by atoms with Crippen molar-refractivity contribution >= 4 is 22.8 Å². The van der Waals surface area contributed by atoms with Gasteiger partial charge in [0.1, 0.15) is 17.8 Å². The molecule has 1 amide bonds. The molecule has 25 heavy (non-hydrogen) atoms. The molecule has 7 nitrogen and oxygen atoms in total. The SMILES string of the molecule is CC.CNc1ncnc2[nH]ccc12.NCC(=O)N1C[C@H]2CCC[C@H]2C1. The number of nitrogens with two attached hydrogens (primary N) is 1. The van der Waals surface area contributed by atoms with E-state index < -0.39 is 0 Å². The minimum absolute atomic E-state index is 0.129. The zero-order valence-electron chi connectivity index (χ0n) is 15.5. The number of likely N-dealkylation sites (tertiary alicyclic amines) is 1. The molecule has 1 aliphatic carbocycles. The fraction of sp³-hybridized carbons (Fsp3) is 0.611. The number of aromatic amines is 1. The van der Waals surface area contributed by atoms with Gasteiger partial charge in [-0.1, -0.05) is 20.3 Å². The molecule has 2 atom stereocenters. The Balaban J connectivity index is 0.000000165. The van der Waals surface area contributed by atoms with Gasteiger partial charge in [-0.3, -0.25) is 4.79 Å². The number of amides is 1. The van der Waals surface area contributed by atoms with E-state index in [0.29, 0.717) is 0 Å². The summed E-state index contributed by atoms with van der Waals surface area (Å²) in [6, 6.07) is 1.95. The Morgan fingerprint density at radius 3 is 2.60 bits per heavy atom. The molecule has 1 saturated heterocycles. The molecule has 0 aromatic carbocycles. The highest BCUT2D eigenvalue weighted by Gasteiger charge is 2.37. The van der Waals surface area contributed by atoms with Crippen molar-refractivity contribution in [2.45, 2.75) is 33.1 Å². The number of hydrogen-bond acceptors (Lipinski definition) is 5. The summed E-state index contributed by atoms with van der Waals surface area (Å²) < 4.78 is 0. The third-order valence-electron chi connectivity index (χ3n) is 4.84. The zero-order chi connectivity index (χ0) is 18.2. The van der Waals surface area contributed by atoms with Gasteiger partial charge in [-0.25, -0.2) is 9.97 Å². The molecule has 1 saturated carbocycles. The molecule has 2 fully saturated rings. The molecule has 138 valence electrons. The molecule has 2 aromatic heterocycles. The summed E-state index contributed by atoms with van der Waals surface area (Å²) in [6.45, 7) is 6.13. The average Bonchev–Trinajstić information content (AvgIpc) is 3.38. The highest BCUT2D eigenvalue weighted by molar-refractivity contribution is 5.86. The zero-order valence-corrected chi connectivity index (χ0v) is 15.5. The van der Waals surface area contributed by atoms with Crippen LogP contribution in [0, 0.1) is 11.8 Å². The molecular formula is C18H30N6O. The summed E-state index contributed by atoms with van der Waals surface area (Å²) in [4.78, 5) is 24.3. The standard InChI is InChI=1S/C9H16N2O.C7H8N4.C2H6/c10-4-9(12)11-5-7-2-1-3-8(7)6-11;1-8-6-5-2-3-9-7(5)11-4-10-6;1-2/h7-8H,1-6,10H2;2-4H,1H3,(H2,8,9,10,11);1-2H3/t7-,8+;;. The van der Waals surface area contributed by atoms with Crippen molar-refractivity contribution in [1.82, 2.24) is 19.9 Å². The highest BCUT2D eigenvalue weighted by atomic mass is 16.2. The summed E-state index contributed by atoms with van der Waals surface area (Å²) >= 11 is 0. The maximum absolute atomic E-state index is 11.2. The topological polar surface area (TPSA) is 99.9 Å². The van der Waals surface area contributed by atoms with Crippen molar-refractivity contribution in [2.75, 3.05) is 32.0 Å². The fourth-order valence-corrected chi connectivity index (χ4v) is 3.64. The first-order chi connectivity index (χ1) is 12.2. The third-order valence-corrected chi connectivity index (χ3v) is 4.84. The van der Waals surface area contributed by atoms with Crippen molar-refractivity contribution in [2.24, 2.45) is 17.6 Å². The number of carbonyl (C=O) groups is 1. The van der Waals surface area contributed by atoms with Gasteiger partial charge in [0.05, 0.1) is 11.9 Å². The van der Waals surface area contributed by atoms with Gasteiger partial charge < -0.3 is 20.9 Å². The third kappa shape index (κ3) is 4.48. The first-order valence-electron chi connectivity index (χ1n) is 9.16. The summed E-state index contributed by atoms with van der Waals surface area (Å²) in [7, 11) is 1.84. The molecule has 0 unspecified atom stereocenters. The predicted molar refractivity (Wildman–Crippen MR) is 101 cm³/mol. The minimum Gasteiger partial charge on any atom is -0.372 e. The van der Waals surface area contributed by atoms with Gasteiger partial charge in [0, 0.05) is 26.3 Å². The van der Waals surface area contributed by atoms with Gasteiger partial charge in [0.25, 0.3) is 0 Å².